The number of hydrogen-bond donors (Lipinski definition) is 0. The number of benzene rings is 2. The molecule has 0 amide bonds. The molecular formula is C19H14N2O5. The third-order valence-electron chi connectivity index (χ3n) is 3.59. The van der Waals surface area contributed by atoms with E-state index in [1.54, 1.807) is 43.5 Å². The van der Waals surface area contributed by atoms with E-state index in [1.807, 2.05) is 12.1 Å². The first-order valence-corrected chi connectivity index (χ1v) is 7.65. The maximum absolute atomic E-state index is 12.0. The van der Waals surface area contributed by atoms with E-state index >= 15 is 0 Å². The number of esters is 1. The van der Waals surface area contributed by atoms with Gasteiger partial charge in [-0.1, -0.05) is 18.2 Å². The molecule has 2 aromatic rings. The number of carbonyl (C=O) groups excluding carboxylic acids is 1. The summed E-state index contributed by atoms with van der Waals surface area (Å²) in [6.07, 6.45) is 4.78. The predicted octanol–water partition coefficient (Wildman–Crippen LogP) is 3.61. The van der Waals surface area contributed by atoms with Gasteiger partial charge in [-0.25, -0.2) is 9.79 Å². The molecule has 0 unspecified atom stereocenters. The quantitative estimate of drug-likeness (QED) is 0.355. The summed E-state index contributed by atoms with van der Waals surface area (Å²) in [7, 11) is 1.55. The number of nitrogens with zero attached hydrogens (tertiary/aromatic N) is 2. The zero-order valence-electron chi connectivity index (χ0n) is 13.8. The lowest BCUT2D eigenvalue weighted by molar-refractivity contribution is -0.384. The smallest absolute Gasteiger partial charge is 0.363 e. The fourth-order valence-corrected chi connectivity index (χ4v) is 2.30. The summed E-state index contributed by atoms with van der Waals surface area (Å²) in [6.45, 7) is 0. The molecule has 0 radical (unpaired) electrons. The van der Waals surface area contributed by atoms with Gasteiger partial charge in [0.2, 0.25) is 5.90 Å². The predicted molar refractivity (Wildman–Crippen MR) is 96.6 cm³/mol. The van der Waals surface area contributed by atoms with E-state index in [4.69, 9.17) is 9.47 Å². The van der Waals surface area contributed by atoms with Crippen molar-refractivity contribution < 1.29 is 19.2 Å². The van der Waals surface area contributed by atoms with Crippen molar-refractivity contribution in [3.8, 4) is 5.75 Å². The molecule has 3 rings (SSSR count). The highest BCUT2D eigenvalue weighted by Crippen LogP contribution is 2.23. The number of nitro groups is 1. The lowest BCUT2D eigenvalue weighted by atomic mass is 10.1. The van der Waals surface area contributed by atoms with Crippen LogP contribution >= 0.6 is 0 Å². The molecule has 0 N–H and O–H groups in total. The van der Waals surface area contributed by atoms with Gasteiger partial charge in [0.15, 0.2) is 5.70 Å². The van der Waals surface area contributed by atoms with Crippen LogP contribution in [0.3, 0.4) is 0 Å². The van der Waals surface area contributed by atoms with Crippen molar-refractivity contribution in [1.82, 2.24) is 0 Å². The fourth-order valence-electron chi connectivity index (χ4n) is 2.30. The molecule has 1 aliphatic heterocycles. The number of cyclic esters (lactones) is 1. The minimum absolute atomic E-state index is 0.00816. The van der Waals surface area contributed by atoms with Crippen molar-refractivity contribution in [3.05, 3.63) is 81.5 Å². The molecule has 0 atom stereocenters. The van der Waals surface area contributed by atoms with Gasteiger partial charge >= 0.3 is 5.97 Å². The number of nitro benzene ring substituents is 1. The molecule has 0 aliphatic carbocycles. The van der Waals surface area contributed by atoms with Gasteiger partial charge in [0.25, 0.3) is 5.69 Å². The molecule has 26 heavy (non-hydrogen) atoms. The van der Waals surface area contributed by atoms with E-state index < -0.39 is 10.9 Å². The minimum atomic E-state index is -0.556. The van der Waals surface area contributed by atoms with E-state index in [0.29, 0.717) is 11.3 Å². The largest absolute Gasteiger partial charge is 0.496 e. The van der Waals surface area contributed by atoms with Crippen LogP contribution in [0.1, 0.15) is 11.1 Å². The second-order valence-corrected chi connectivity index (χ2v) is 5.29. The maximum Gasteiger partial charge on any atom is 0.363 e. The Bertz CT molecular complexity index is 943. The Morgan fingerprint density at radius 3 is 2.54 bits per heavy atom. The summed E-state index contributed by atoms with van der Waals surface area (Å²) in [5, 5.41) is 10.6. The summed E-state index contributed by atoms with van der Waals surface area (Å²) in [4.78, 5) is 26.3. The number of carbonyl (C=O) groups is 1. The fraction of sp³-hybridized carbons (Fsp3) is 0.0526. The molecule has 130 valence electrons. The van der Waals surface area contributed by atoms with Crippen molar-refractivity contribution in [1.29, 1.82) is 0 Å². The first-order chi connectivity index (χ1) is 12.6. The molecule has 2 aromatic carbocycles. The van der Waals surface area contributed by atoms with Crippen molar-refractivity contribution in [3.63, 3.8) is 0 Å². The SMILES string of the molecule is COc1ccccc1C=C1N=C(C=Cc2ccc([N+](=O)[O-])cc2)OC1=O. The number of para-hydroxylation sites is 1. The number of hydrogen-bond acceptors (Lipinski definition) is 6. The highest BCUT2D eigenvalue weighted by molar-refractivity contribution is 6.11. The first-order valence-electron chi connectivity index (χ1n) is 7.65. The average molecular weight is 350 g/mol. The van der Waals surface area contributed by atoms with Crippen molar-refractivity contribution in [2.24, 2.45) is 4.99 Å². The number of non-ortho nitro benzene ring substituents is 1. The Morgan fingerprint density at radius 2 is 1.85 bits per heavy atom. The molecule has 1 heterocycles. The van der Waals surface area contributed by atoms with Crippen LogP contribution in [0.25, 0.3) is 12.2 Å². The zero-order chi connectivity index (χ0) is 18.5. The van der Waals surface area contributed by atoms with Crippen LogP contribution in [0.4, 0.5) is 5.69 Å². The van der Waals surface area contributed by atoms with Crippen molar-refractivity contribution in [2.45, 2.75) is 0 Å². The van der Waals surface area contributed by atoms with Gasteiger partial charge in [0, 0.05) is 23.8 Å². The Labute approximate surface area is 149 Å². The summed E-state index contributed by atoms with van der Waals surface area (Å²) in [5.74, 6) is 0.214. The second kappa shape index (κ2) is 7.43. The molecule has 7 heteroatoms. The van der Waals surface area contributed by atoms with Crippen LogP contribution in [0.2, 0.25) is 0 Å². The number of ether oxygens (including phenoxy) is 2. The van der Waals surface area contributed by atoms with Crippen LogP contribution in [0.15, 0.2) is 65.3 Å². The summed E-state index contributed by atoms with van der Waals surface area (Å²) in [6, 6.07) is 13.2. The lowest BCUT2D eigenvalue weighted by Gasteiger charge is -2.03. The van der Waals surface area contributed by atoms with Gasteiger partial charge in [-0.2, -0.15) is 0 Å². The van der Waals surface area contributed by atoms with E-state index in [0.717, 1.165) is 5.56 Å². The summed E-state index contributed by atoms with van der Waals surface area (Å²) < 4.78 is 10.4. The van der Waals surface area contributed by atoms with Crippen molar-refractivity contribution in [2.75, 3.05) is 7.11 Å². The molecule has 1 aliphatic rings. The summed E-state index contributed by atoms with van der Waals surface area (Å²) >= 11 is 0. The standard InChI is InChI=1S/C19H14N2O5/c1-25-17-5-3-2-4-14(17)12-16-19(22)26-18(20-16)11-8-13-6-9-15(10-7-13)21(23)24/h2-12H,1H3. The maximum atomic E-state index is 12.0. The number of aliphatic imine (C=N–C) groups is 1. The van der Waals surface area contributed by atoms with Crippen LogP contribution in [0, 0.1) is 10.1 Å². The number of rotatable bonds is 5. The normalized spacial score (nSPS) is 15.2. The Kier molecular flexibility index (Phi) is 4.89. The van der Waals surface area contributed by atoms with Gasteiger partial charge in [-0.15, -0.1) is 0 Å². The molecule has 0 saturated heterocycles. The van der Waals surface area contributed by atoms with Gasteiger partial charge < -0.3 is 9.47 Å². The Balaban J connectivity index is 1.79. The highest BCUT2D eigenvalue weighted by Gasteiger charge is 2.21. The van der Waals surface area contributed by atoms with Crippen molar-refractivity contribution >= 4 is 29.7 Å². The Hall–Kier alpha value is -3.74. The Morgan fingerprint density at radius 1 is 1.12 bits per heavy atom. The molecule has 7 nitrogen and oxygen atoms in total. The minimum Gasteiger partial charge on any atom is -0.496 e. The van der Waals surface area contributed by atoms with Gasteiger partial charge in [0.05, 0.1) is 12.0 Å². The van der Waals surface area contributed by atoms with E-state index in [1.165, 1.54) is 18.2 Å². The third-order valence-corrected chi connectivity index (χ3v) is 3.59. The molecule has 0 aromatic heterocycles. The van der Waals surface area contributed by atoms with Crippen LogP contribution in [0.5, 0.6) is 5.75 Å². The second-order valence-electron chi connectivity index (χ2n) is 5.29. The first kappa shape index (κ1) is 17.1. The highest BCUT2D eigenvalue weighted by atomic mass is 16.6. The topological polar surface area (TPSA) is 91.0 Å². The van der Waals surface area contributed by atoms with Crippen LogP contribution in [-0.4, -0.2) is 23.9 Å². The molecule has 0 spiro atoms. The van der Waals surface area contributed by atoms with E-state index in [9.17, 15) is 14.9 Å². The third kappa shape index (κ3) is 3.84. The van der Waals surface area contributed by atoms with E-state index in [2.05, 4.69) is 4.99 Å². The molecule has 0 fully saturated rings. The van der Waals surface area contributed by atoms with E-state index in [-0.39, 0.29) is 17.3 Å². The monoisotopic (exact) mass is 350 g/mol. The summed E-state index contributed by atoms with van der Waals surface area (Å²) in [5.41, 5.74) is 1.61. The van der Waals surface area contributed by atoms with Gasteiger partial charge in [-0.3, -0.25) is 10.1 Å². The van der Waals surface area contributed by atoms with Gasteiger partial charge in [-0.05, 0) is 35.9 Å². The molecule has 0 bridgehead atoms. The zero-order valence-corrected chi connectivity index (χ0v) is 13.8. The lowest BCUT2D eigenvalue weighted by Crippen LogP contribution is -2.01. The van der Waals surface area contributed by atoms with Crippen LogP contribution in [-0.2, 0) is 9.53 Å². The average Bonchev–Trinajstić information content (AvgIpc) is 3.00. The number of methoxy groups -OCH3 is 1. The molecular weight excluding hydrogens is 336 g/mol. The van der Waals surface area contributed by atoms with Gasteiger partial charge in [0.1, 0.15) is 5.75 Å². The molecule has 0 saturated carbocycles. The van der Waals surface area contributed by atoms with Crippen LogP contribution < -0.4 is 4.74 Å².